The average molecular weight is 444 g/mol. The number of primary amides is 1. The molecule has 0 spiro atoms. The zero-order chi connectivity index (χ0) is 22.8. The van der Waals surface area contributed by atoms with Crippen molar-refractivity contribution in [2.24, 2.45) is 5.73 Å². The van der Waals surface area contributed by atoms with Gasteiger partial charge in [-0.05, 0) is 60.7 Å². The van der Waals surface area contributed by atoms with Gasteiger partial charge in [0.05, 0.1) is 25.1 Å². The van der Waals surface area contributed by atoms with Gasteiger partial charge in [-0.3, -0.25) is 14.7 Å². The van der Waals surface area contributed by atoms with E-state index in [1.165, 1.54) is 23.1 Å². The van der Waals surface area contributed by atoms with Crippen LogP contribution in [0.2, 0.25) is 0 Å². The molecule has 6 nitrogen and oxygen atoms in total. The Morgan fingerprint density at radius 3 is 2.70 bits per heavy atom. The topological polar surface area (TPSA) is 77.7 Å². The van der Waals surface area contributed by atoms with Gasteiger partial charge >= 0.3 is 0 Å². The number of aromatic nitrogens is 1. The third kappa shape index (κ3) is 4.63. The first kappa shape index (κ1) is 21.6. The Bertz CT molecular complexity index is 1160. The first-order valence-electron chi connectivity index (χ1n) is 11.5. The Hall–Kier alpha value is -3.22. The number of hydrogen-bond acceptors (Lipinski definition) is 5. The van der Waals surface area contributed by atoms with Crippen LogP contribution in [0.15, 0.2) is 54.6 Å². The second-order valence-electron chi connectivity index (χ2n) is 8.77. The lowest BCUT2D eigenvalue weighted by atomic mass is 10.0. The van der Waals surface area contributed by atoms with Gasteiger partial charge in [0, 0.05) is 36.3 Å². The summed E-state index contributed by atoms with van der Waals surface area (Å²) in [4.78, 5) is 18.6. The molecule has 3 aromatic rings. The number of benzene rings is 2. The minimum atomic E-state index is -0.432. The number of hydrogen-bond donors (Lipinski definition) is 1. The molecule has 2 aromatic carbocycles. The third-order valence-electron chi connectivity index (χ3n) is 6.61. The minimum Gasteiger partial charge on any atom is -0.496 e. The molecule has 1 aromatic heterocycles. The van der Waals surface area contributed by atoms with Crippen LogP contribution in [0.5, 0.6) is 5.75 Å². The van der Waals surface area contributed by atoms with Crippen molar-refractivity contribution < 1.29 is 14.3 Å². The molecule has 6 heteroatoms. The molecule has 1 fully saturated rings. The highest BCUT2D eigenvalue weighted by molar-refractivity contribution is 5.93. The normalized spacial score (nSPS) is 18.2. The third-order valence-corrected chi connectivity index (χ3v) is 6.61. The fourth-order valence-electron chi connectivity index (χ4n) is 4.83. The summed E-state index contributed by atoms with van der Waals surface area (Å²) in [6, 6.07) is 17.8. The maximum Gasteiger partial charge on any atom is 0.248 e. The highest BCUT2D eigenvalue weighted by atomic mass is 16.5. The number of carbonyl (C=O) groups excluding carboxylic acids is 1. The van der Waals surface area contributed by atoms with E-state index in [2.05, 4.69) is 17.0 Å². The maximum atomic E-state index is 11.3. The predicted octanol–water partition coefficient (Wildman–Crippen LogP) is 3.92. The van der Waals surface area contributed by atoms with E-state index < -0.39 is 5.91 Å². The largest absolute Gasteiger partial charge is 0.496 e. The molecule has 1 saturated heterocycles. The van der Waals surface area contributed by atoms with Crippen LogP contribution < -0.4 is 10.5 Å². The summed E-state index contributed by atoms with van der Waals surface area (Å²) in [5.74, 6) is 0.553. The number of rotatable bonds is 6. The number of pyridine rings is 1. The molecule has 1 amide bonds. The molecule has 2 aliphatic rings. The number of aryl methyl sites for hydroxylation is 2. The van der Waals surface area contributed by atoms with Crippen LogP contribution in [0.3, 0.4) is 0 Å². The summed E-state index contributed by atoms with van der Waals surface area (Å²) in [6.07, 6.45) is 3.45. The van der Waals surface area contributed by atoms with Gasteiger partial charge in [-0.1, -0.05) is 24.3 Å². The summed E-state index contributed by atoms with van der Waals surface area (Å²) in [5.41, 5.74) is 12.7. The van der Waals surface area contributed by atoms with Crippen molar-refractivity contribution in [2.45, 2.75) is 31.9 Å². The smallest absolute Gasteiger partial charge is 0.248 e. The Morgan fingerprint density at radius 2 is 1.94 bits per heavy atom. The molecule has 1 atom stereocenters. The minimum absolute atomic E-state index is 0.0935. The zero-order valence-corrected chi connectivity index (χ0v) is 18.9. The van der Waals surface area contributed by atoms with Gasteiger partial charge in [-0.2, -0.15) is 0 Å². The number of carbonyl (C=O) groups is 1. The van der Waals surface area contributed by atoms with Crippen LogP contribution in [0.4, 0.5) is 0 Å². The molecule has 0 unspecified atom stereocenters. The highest BCUT2D eigenvalue weighted by Gasteiger charge is 2.25. The Morgan fingerprint density at radius 1 is 1.15 bits per heavy atom. The van der Waals surface area contributed by atoms with Crippen LogP contribution in [0.1, 0.15) is 45.3 Å². The van der Waals surface area contributed by atoms with Crippen molar-refractivity contribution in [2.75, 3.05) is 26.8 Å². The number of nitrogens with two attached hydrogens (primary N) is 1. The summed E-state index contributed by atoms with van der Waals surface area (Å²) < 4.78 is 11.8. The van der Waals surface area contributed by atoms with Gasteiger partial charge in [0.2, 0.25) is 5.91 Å². The van der Waals surface area contributed by atoms with Crippen molar-refractivity contribution in [3.05, 3.63) is 82.5 Å². The number of methoxy groups -OCH3 is 1. The van der Waals surface area contributed by atoms with E-state index in [4.69, 9.17) is 20.2 Å². The average Bonchev–Trinajstić information content (AvgIpc) is 3.31. The summed E-state index contributed by atoms with van der Waals surface area (Å²) >= 11 is 0. The molecule has 5 rings (SSSR count). The molecule has 0 bridgehead atoms. The fraction of sp³-hybridized carbons (Fsp3) is 0.333. The fourth-order valence-corrected chi connectivity index (χ4v) is 4.83. The van der Waals surface area contributed by atoms with Crippen molar-refractivity contribution in [3.63, 3.8) is 0 Å². The van der Waals surface area contributed by atoms with Crippen LogP contribution in [-0.4, -0.2) is 42.6 Å². The lowest BCUT2D eigenvalue weighted by Gasteiger charge is -2.33. The SMILES string of the molecule is COc1cc2c(cc1CN1CCO[C@H](c3cccc(-c4ccc(C(N)=O)cc4)n3)C1)CCC2. The van der Waals surface area contributed by atoms with E-state index in [1.54, 1.807) is 19.2 Å². The number of nitrogens with zero attached hydrogens (tertiary/aromatic N) is 2. The summed E-state index contributed by atoms with van der Waals surface area (Å²) in [7, 11) is 1.76. The lowest BCUT2D eigenvalue weighted by Crippen LogP contribution is -2.38. The highest BCUT2D eigenvalue weighted by Crippen LogP contribution is 2.32. The summed E-state index contributed by atoms with van der Waals surface area (Å²) in [5, 5.41) is 0. The van der Waals surface area contributed by atoms with Gasteiger partial charge in [-0.25, -0.2) is 0 Å². The number of fused-ring (bicyclic) bond motifs is 1. The van der Waals surface area contributed by atoms with Crippen molar-refractivity contribution in [3.8, 4) is 17.0 Å². The molecule has 0 saturated carbocycles. The van der Waals surface area contributed by atoms with E-state index in [9.17, 15) is 4.79 Å². The molecule has 2 heterocycles. The zero-order valence-electron chi connectivity index (χ0n) is 18.9. The van der Waals surface area contributed by atoms with Gasteiger partial charge in [0.1, 0.15) is 11.9 Å². The Balaban J connectivity index is 1.32. The van der Waals surface area contributed by atoms with Gasteiger partial charge in [0.15, 0.2) is 0 Å². The van der Waals surface area contributed by atoms with Gasteiger partial charge in [-0.15, -0.1) is 0 Å². The molecular formula is C27H29N3O3. The van der Waals surface area contributed by atoms with Crippen LogP contribution in [-0.2, 0) is 24.1 Å². The van der Waals surface area contributed by atoms with E-state index in [0.717, 1.165) is 55.2 Å². The second kappa shape index (κ2) is 9.33. The number of morpholine rings is 1. The maximum absolute atomic E-state index is 11.3. The molecular weight excluding hydrogens is 414 g/mol. The van der Waals surface area contributed by atoms with Crippen molar-refractivity contribution >= 4 is 5.91 Å². The Labute approximate surface area is 194 Å². The number of amides is 1. The molecule has 33 heavy (non-hydrogen) atoms. The molecule has 0 radical (unpaired) electrons. The van der Waals surface area contributed by atoms with E-state index in [-0.39, 0.29) is 6.10 Å². The van der Waals surface area contributed by atoms with Crippen molar-refractivity contribution in [1.82, 2.24) is 9.88 Å². The molecule has 1 aliphatic carbocycles. The quantitative estimate of drug-likeness (QED) is 0.625. The molecule has 1 aliphatic heterocycles. The molecule has 2 N–H and O–H groups in total. The van der Waals surface area contributed by atoms with Crippen LogP contribution in [0.25, 0.3) is 11.3 Å². The lowest BCUT2D eigenvalue weighted by molar-refractivity contribution is -0.0351. The monoisotopic (exact) mass is 443 g/mol. The molecule has 170 valence electrons. The van der Waals surface area contributed by atoms with E-state index in [0.29, 0.717) is 12.2 Å². The van der Waals surface area contributed by atoms with Crippen molar-refractivity contribution in [1.29, 1.82) is 0 Å². The standard InChI is InChI=1S/C27H29N3O3/c1-32-25-15-21-5-2-4-20(21)14-22(25)16-30-12-13-33-26(17-30)24-7-3-6-23(29-24)18-8-10-19(11-9-18)27(28)31/h3,6-11,14-15,26H,2,4-5,12-13,16-17H2,1H3,(H2,28,31)/t26-/m0/s1. The second-order valence-corrected chi connectivity index (χ2v) is 8.77. The van der Waals surface area contributed by atoms with Gasteiger partial charge < -0.3 is 15.2 Å². The van der Waals surface area contributed by atoms with Crippen LogP contribution in [0, 0.1) is 0 Å². The number of ether oxygens (including phenoxy) is 2. The summed E-state index contributed by atoms with van der Waals surface area (Å²) in [6.45, 7) is 3.16. The van der Waals surface area contributed by atoms with Gasteiger partial charge in [0.25, 0.3) is 0 Å². The first-order valence-corrected chi connectivity index (χ1v) is 11.5. The first-order chi connectivity index (χ1) is 16.1. The van der Waals surface area contributed by atoms with Crippen LogP contribution >= 0.6 is 0 Å². The predicted molar refractivity (Wildman–Crippen MR) is 127 cm³/mol. The van der Waals surface area contributed by atoms with E-state index >= 15 is 0 Å². The Kier molecular flexibility index (Phi) is 6.11. The van der Waals surface area contributed by atoms with E-state index in [1.807, 2.05) is 30.3 Å².